The molecule has 2 rings (SSSR count). The second kappa shape index (κ2) is 5.22. The van der Waals surface area contributed by atoms with Crippen molar-refractivity contribution in [1.29, 1.82) is 0 Å². The van der Waals surface area contributed by atoms with Gasteiger partial charge in [-0.25, -0.2) is 0 Å². The lowest BCUT2D eigenvalue weighted by atomic mass is 9.66. The quantitative estimate of drug-likeness (QED) is 0.789. The first-order chi connectivity index (χ1) is 8.38. The van der Waals surface area contributed by atoms with E-state index < -0.39 is 0 Å². The van der Waals surface area contributed by atoms with Crippen LogP contribution in [-0.4, -0.2) is 6.04 Å². The Morgan fingerprint density at radius 3 is 2.28 bits per heavy atom. The zero-order valence-electron chi connectivity index (χ0n) is 11.6. The highest BCUT2D eigenvalue weighted by Crippen LogP contribution is 2.43. The van der Waals surface area contributed by atoms with Gasteiger partial charge in [0, 0.05) is 11.1 Å². The van der Waals surface area contributed by atoms with Crippen LogP contribution in [0.3, 0.4) is 0 Å². The van der Waals surface area contributed by atoms with E-state index in [1.54, 1.807) is 0 Å². The predicted molar refractivity (Wildman–Crippen MR) is 79.0 cm³/mol. The van der Waals surface area contributed by atoms with Gasteiger partial charge in [-0.1, -0.05) is 44.5 Å². The lowest BCUT2D eigenvalue weighted by Crippen LogP contribution is -2.38. The van der Waals surface area contributed by atoms with Crippen LogP contribution < -0.4 is 5.73 Å². The molecule has 2 N–H and O–H groups in total. The van der Waals surface area contributed by atoms with Crippen molar-refractivity contribution in [3.63, 3.8) is 0 Å². The highest BCUT2D eigenvalue weighted by molar-refractivity contribution is 6.30. The van der Waals surface area contributed by atoms with Crippen LogP contribution in [0.2, 0.25) is 5.02 Å². The fourth-order valence-corrected chi connectivity index (χ4v) is 3.20. The smallest absolute Gasteiger partial charge is 0.0406 e. The maximum absolute atomic E-state index is 6.32. The Morgan fingerprint density at radius 2 is 1.72 bits per heavy atom. The molecule has 1 aromatic carbocycles. The van der Waals surface area contributed by atoms with Crippen molar-refractivity contribution in [3.8, 4) is 0 Å². The minimum atomic E-state index is 0.296. The average Bonchev–Trinajstić information content (AvgIpc) is 2.29. The molecule has 3 unspecified atom stereocenters. The summed E-state index contributed by atoms with van der Waals surface area (Å²) in [6.45, 7) is 7.02. The standard InChI is InChI=1S/C16H24ClN/c1-16(2,3)12-6-9-15(18)14(10-12)11-4-7-13(17)8-5-11/h4-5,7-8,12,14-15H,6,9-10,18H2,1-3H3. The minimum Gasteiger partial charge on any atom is -0.327 e. The molecule has 0 aromatic heterocycles. The molecular formula is C16H24ClN. The van der Waals surface area contributed by atoms with E-state index in [9.17, 15) is 0 Å². The third kappa shape index (κ3) is 3.07. The Morgan fingerprint density at radius 1 is 1.11 bits per heavy atom. The second-order valence-corrected chi connectivity index (χ2v) is 7.13. The van der Waals surface area contributed by atoms with Gasteiger partial charge in [-0.2, -0.15) is 0 Å². The monoisotopic (exact) mass is 265 g/mol. The number of hydrogen-bond acceptors (Lipinski definition) is 1. The van der Waals surface area contributed by atoms with E-state index in [1.165, 1.54) is 18.4 Å². The molecule has 1 aliphatic carbocycles. The minimum absolute atomic E-state index is 0.296. The summed E-state index contributed by atoms with van der Waals surface area (Å²) < 4.78 is 0. The van der Waals surface area contributed by atoms with E-state index in [0.29, 0.717) is 17.4 Å². The van der Waals surface area contributed by atoms with Crippen molar-refractivity contribution in [2.45, 2.75) is 52.0 Å². The first kappa shape index (κ1) is 13.9. The van der Waals surface area contributed by atoms with Crippen molar-refractivity contribution < 1.29 is 0 Å². The molecule has 0 aliphatic heterocycles. The highest BCUT2D eigenvalue weighted by atomic mass is 35.5. The van der Waals surface area contributed by atoms with Gasteiger partial charge in [-0.3, -0.25) is 0 Å². The zero-order chi connectivity index (χ0) is 13.3. The number of halogens is 1. The van der Waals surface area contributed by atoms with E-state index in [2.05, 4.69) is 32.9 Å². The topological polar surface area (TPSA) is 26.0 Å². The molecule has 1 fully saturated rings. The number of hydrogen-bond donors (Lipinski definition) is 1. The van der Waals surface area contributed by atoms with Crippen LogP contribution in [0.1, 0.15) is 51.5 Å². The van der Waals surface area contributed by atoms with Crippen LogP contribution in [0.15, 0.2) is 24.3 Å². The third-order valence-corrected chi connectivity index (χ3v) is 4.68. The van der Waals surface area contributed by atoms with E-state index in [-0.39, 0.29) is 0 Å². The molecule has 0 spiro atoms. The van der Waals surface area contributed by atoms with Crippen molar-refractivity contribution in [2.24, 2.45) is 17.1 Å². The van der Waals surface area contributed by atoms with E-state index in [1.807, 2.05) is 12.1 Å². The normalized spacial score (nSPS) is 29.3. The van der Waals surface area contributed by atoms with Crippen LogP contribution in [0, 0.1) is 11.3 Å². The van der Waals surface area contributed by atoms with Crippen LogP contribution in [0.4, 0.5) is 0 Å². The van der Waals surface area contributed by atoms with E-state index in [0.717, 1.165) is 17.4 Å². The fraction of sp³-hybridized carbons (Fsp3) is 0.625. The fourth-order valence-electron chi connectivity index (χ4n) is 3.07. The maximum atomic E-state index is 6.32. The predicted octanol–water partition coefficient (Wildman–Crippen LogP) is 4.60. The molecule has 1 nitrogen and oxygen atoms in total. The molecule has 1 aliphatic rings. The molecule has 18 heavy (non-hydrogen) atoms. The van der Waals surface area contributed by atoms with Gasteiger partial charge >= 0.3 is 0 Å². The van der Waals surface area contributed by atoms with Crippen LogP contribution in [0.25, 0.3) is 0 Å². The summed E-state index contributed by atoms with van der Waals surface area (Å²) in [7, 11) is 0. The van der Waals surface area contributed by atoms with E-state index in [4.69, 9.17) is 17.3 Å². The van der Waals surface area contributed by atoms with Crippen molar-refractivity contribution in [1.82, 2.24) is 0 Å². The number of nitrogens with two attached hydrogens (primary N) is 1. The number of rotatable bonds is 1. The van der Waals surface area contributed by atoms with Gasteiger partial charge in [0.1, 0.15) is 0 Å². The van der Waals surface area contributed by atoms with Crippen LogP contribution in [-0.2, 0) is 0 Å². The maximum Gasteiger partial charge on any atom is 0.0406 e. The summed E-state index contributed by atoms with van der Waals surface area (Å²) >= 11 is 5.96. The molecule has 0 radical (unpaired) electrons. The van der Waals surface area contributed by atoms with Gasteiger partial charge in [0.05, 0.1) is 0 Å². The molecular weight excluding hydrogens is 242 g/mol. The molecule has 1 saturated carbocycles. The summed E-state index contributed by atoms with van der Waals surface area (Å²) in [5.41, 5.74) is 8.05. The molecule has 2 heteroatoms. The Bertz CT molecular complexity index is 391. The van der Waals surface area contributed by atoms with Crippen molar-refractivity contribution in [3.05, 3.63) is 34.9 Å². The van der Waals surface area contributed by atoms with E-state index >= 15 is 0 Å². The van der Waals surface area contributed by atoms with Gasteiger partial charge in [0.2, 0.25) is 0 Å². The zero-order valence-corrected chi connectivity index (χ0v) is 12.4. The SMILES string of the molecule is CC(C)(C)C1CCC(N)C(c2ccc(Cl)cc2)C1. The molecule has 1 aromatic rings. The van der Waals surface area contributed by atoms with Gasteiger partial charge in [0.25, 0.3) is 0 Å². The first-order valence-corrected chi connectivity index (χ1v) is 7.27. The van der Waals surface area contributed by atoms with Crippen molar-refractivity contribution in [2.75, 3.05) is 0 Å². The summed E-state index contributed by atoms with van der Waals surface area (Å²) in [5.74, 6) is 1.25. The molecule has 3 atom stereocenters. The Hall–Kier alpha value is -0.530. The lowest BCUT2D eigenvalue weighted by molar-refractivity contribution is 0.154. The molecule has 0 bridgehead atoms. The highest BCUT2D eigenvalue weighted by Gasteiger charge is 2.34. The summed E-state index contributed by atoms with van der Waals surface area (Å²) in [6, 6.07) is 8.52. The van der Waals surface area contributed by atoms with Crippen LogP contribution >= 0.6 is 11.6 Å². The summed E-state index contributed by atoms with van der Waals surface area (Å²) in [6.07, 6.45) is 3.59. The Kier molecular flexibility index (Phi) is 4.03. The Balaban J connectivity index is 2.17. The first-order valence-electron chi connectivity index (χ1n) is 6.89. The van der Waals surface area contributed by atoms with Crippen molar-refractivity contribution >= 4 is 11.6 Å². The number of benzene rings is 1. The van der Waals surface area contributed by atoms with Gasteiger partial charge in [-0.05, 0) is 54.2 Å². The average molecular weight is 266 g/mol. The third-order valence-electron chi connectivity index (χ3n) is 4.43. The van der Waals surface area contributed by atoms with Gasteiger partial charge < -0.3 is 5.73 Å². The molecule has 0 saturated heterocycles. The molecule has 100 valence electrons. The largest absolute Gasteiger partial charge is 0.327 e. The molecule has 0 amide bonds. The second-order valence-electron chi connectivity index (χ2n) is 6.70. The lowest BCUT2D eigenvalue weighted by Gasteiger charge is -2.41. The van der Waals surface area contributed by atoms with Crippen LogP contribution in [0.5, 0.6) is 0 Å². The summed E-state index contributed by atoms with van der Waals surface area (Å²) in [5, 5.41) is 0.801. The Labute approximate surface area is 116 Å². The summed E-state index contributed by atoms with van der Waals surface area (Å²) in [4.78, 5) is 0. The van der Waals surface area contributed by atoms with Gasteiger partial charge in [0.15, 0.2) is 0 Å². The van der Waals surface area contributed by atoms with Gasteiger partial charge in [-0.15, -0.1) is 0 Å². The molecule has 0 heterocycles.